The lowest BCUT2D eigenvalue weighted by molar-refractivity contribution is -0.870. The number of hydrogen-bond acceptors (Lipinski definition) is 8. The largest absolute Gasteiger partial charge is 0.756 e. The minimum absolute atomic E-state index is 0.0341. The van der Waals surface area contributed by atoms with Gasteiger partial charge in [-0.2, -0.15) is 0 Å². The molecule has 73 heavy (non-hydrogen) atoms. The number of likely N-dealkylation sites (N-methyl/N-ethyl adjacent to an activating group) is 1. The summed E-state index contributed by atoms with van der Waals surface area (Å²) in [6.45, 7) is 4.15. The summed E-state index contributed by atoms with van der Waals surface area (Å²) in [5.74, 6) is -0.835. The van der Waals surface area contributed by atoms with Gasteiger partial charge in [-0.05, 0) is 64.2 Å². The number of unbranched alkanes of at least 4 members (excludes halogenated alkanes) is 29. The van der Waals surface area contributed by atoms with Crippen LogP contribution in [0.5, 0.6) is 0 Å². The molecule has 2 atom stereocenters. The summed E-state index contributed by atoms with van der Waals surface area (Å²) in [5, 5.41) is 0. The molecule has 2 unspecified atom stereocenters. The van der Waals surface area contributed by atoms with Gasteiger partial charge < -0.3 is 27.9 Å². The molecule has 0 saturated carbocycles. The number of carbonyl (C=O) groups is 2. The lowest BCUT2D eigenvalue weighted by Gasteiger charge is -2.28. The van der Waals surface area contributed by atoms with E-state index in [-0.39, 0.29) is 32.0 Å². The molecule has 0 aliphatic rings. The molecular formula is C63H114NO8P. The summed E-state index contributed by atoms with van der Waals surface area (Å²) in [6.07, 6.45) is 70.9. The summed E-state index contributed by atoms with van der Waals surface area (Å²) >= 11 is 0. The number of quaternary nitrogens is 1. The molecule has 0 spiro atoms. The number of hydrogen-bond donors (Lipinski definition) is 0. The first kappa shape index (κ1) is 70.5. The Labute approximate surface area is 450 Å². The van der Waals surface area contributed by atoms with Gasteiger partial charge in [-0.3, -0.25) is 14.2 Å². The van der Waals surface area contributed by atoms with Crippen LogP contribution in [0.25, 0.3) is 0 Å². The Morgan fingerprint density at radius 3 is 1.16 bits per heavy atom. The van der Waals surface area contributed by atoms with Crippen molar-refractivity contribution in [2.24, 2.45) is 0 Å². The van der Waals surface area contributed by atoms with E-state index < -0.39 is 26.5 Å². The number of phosphoric ester groups is 1. The van der Waals surface area contributed by atoms with Crippen molar-refractivity contribution in [3.8, 4) is 0 Å². The van der Waals surface area contributed by atoms with Gasteiger partial charge in [-0.15, -0.1) is 0 Å². The fraction of sp³-hybridized carbons (Fsp3) is 0.778. The summed E-state index contributed by atoms with van der Waals surface area (Å²) < 4.78 is 34.2. The Morgan fingerprint density at radius 2 is 0.781 bits per heavy atom. The molecule has 0 N–H and O–H groups in total. The highest BCUT2D eigenvalue weighted by Gasteiger charge is 2.22. The van der Waals surface area contributed by atoms with Gasteiger partial charge in [0.25, 0.3) is 7.82 Å². The molecule has 0 aromatic rings. The molecular weight excluding hydrogens is 930 g/mol. The van der Waals surface area contributed by atoms with E-state index in [1.807, 2.05) is 21.1 Å². The van der Waals surface area contributed by atoms with Gasteiger partial charge in [0, 0.05) is 12.8 Å². The number of ether oxygens (including phenoxy) is 2. The predicted octanol–water partition coefficient (Wildman–Crippen LogP) is 18.2. The summed E-state index contributed by atoms with van der Waals surface area (Å²) in [7, 11) is 1.16. The molecule has 9 nitrogen and oxygen atoms in total. The number of carbonyl (C=O) groups excluding carboxylic acids is 2. The molecule has 0 radical (unpaired) electrons. The zero-order valence-corrected chi connectivity index (χ0v) is 49.0. The minimum Gasteiger partial charge on any atom is -0.756 e. The van der Waals surface area contributed by atoms with Crippen LogP contribution in [0.4, 0.5) is 0 Å². The summed E-state index contributed by atoms with van der Waals surface area (Å²) in [5.41, 5.74) is 0. The normalized spacial score (nSPS) is 13.8. The van der Waals surface area contributed by atoms with E-state index in [9.17, 15) is 19.0 Å². The number of phosphoric acid groups is 1. The van der Waals surface area contributed by atoms with E-state index >= 15 is 0 Å². The number of esters is 2. The van der Waals surface area contributed by atoms with Crippen molar-refractivity contribution in [2.45, 2.75) is 270 Å². The van der Waals surface area contributed by atoms with Crippen molar-refractivity contribution >= 4 is 19.8 Å². The van der Waals surface area contributed by atoms with Crippen LogP contribution in [0.2, 0.25) is 0 Å². The minimum atomic E-state index is -4.64. The van der Waals surface area contributed by atoms with Crippen LogP contribution in [-0.4, -0.2) is 70.0 Å². The first-order chi connectivity index (χ1) is 35.5. The smallest absolute Gasteiger partial charge is 0.306 e. The number of rotatable bonds is 55. The summed E-state index contributed by atoms with van der Waals surface area (Å²) in [6, 6.07) is 0. The highest BCUT2D eigenvalue weighted by molar-refractivity contribution is 7.45. The predicted molar refractivity (Wildman–Crippen MR) is 309 cm³/mol. The number of nitrogens with zero attached hydrogens (tertiary/aromatic N) is 1. The van der Waals surface area contributed by atoms with Crippen LogP contribution in [0.3, 0.4) is 0 Å². The lowest BCUT2D eigenvalue weighted by Crippen LogP contribution is -2.37. The van der Waals surface area contributed by atoms with Gasteiger partial charge in [0.15, 0.2) is 6.10 Å². The second kappa shape index (κ2) is 54.2. The molecule has 0 aromatic heterocycles. The fourth-order valence-corrected chi connectivity index (χ4v) is 9.10. The summed E-state index contributed by atoms with van der Waals surface area (Å²) in [4.78, 5) is 37.9. The molecule has 0 amide bonds. The third-order valence-electron chi connectivity index (χ3n) is 13.0. The Kier molecular flexibility index (Phi) is 52.4. The molecule has 0 aliphatic heterocycles. The van der Waals surface area contributed by atoms with Gasteiger partial charge in [-0.1, -0.05) is 260 Å². The maximum absolute atomic E-state index is 12.8. The van der Waals surface area contributed by atoms with Gasteiger partial charge in [0.2, 0.25) is 0 Å². The average molecular weight is 1040 g/mol. The van der Waals surface area contributed by atoms with Gasteiger partial charge in [0.1, 0.15) is 19.8 Å². The van der Waals surface area contributed by atoms with Crippen molar-refractivity contribution in [3.63, 3.8) is 0 Å². The topological polar surface area (TPSA) is 111 Å². The molecule has 0 aliphatic carbocycles. The maximum Gasteiger partial charge on any atom is 0.306 e. The van der Waals surface area contributed by atoms with Crippen molar-refractivity contribution in [3.05, 3.63) is 72.9 Å². The number of allylic oxidation sites excluding steroid dienone is 12. The lowest BCUT2D eigenvalue weighted by atomic mass is 10.0. The molecule has 0 rings (SSSR count). The highest BCUT2D eigenvalue weighted by atomic mass is 31.2. The molecule has 0 fully saturated rings. The first-order valence-corrected chi connectivity index (χ1v) is 31.6. The Morgan fingerprint density at radius 1 is 0.438 bits per heavy atom. The molecule has 10 heteroatoms. The Bertz CT molecular complexity index is 1460. The molecule has 0 heterocycles. The SMILES string of the molecule is CC/C=C\C/C=C\C/C=C\C/C=C\C/C=C\C/C=C\CCCCCCCCCCC(=O)OC(COC(=O)CCCCCCCCCCCCCCCCCCCCCCCC)COP(=O)([O-])OCC[N+](C)(C)C. The highest BCUT2D eigenvalue weighted by Crippen LogP contribution is 2.38. The van der Waals surface area contributed by atoms with E-state index in [4.69, 9.17) is 18.5 Å². The van der Waals surface area contributed by atoms with Crippen molar-refractivity contribution in [1.29, 1.82) is 0 Å². The third kappa shape index (κ3) is 58.6. The van der Waals surface area contributed by atoms with Crippen LogP contribution in [0.1, 0.15) is 264 Å². The molecule has 0 aromatic carbocycles. The van der Waals surface area contributed by atoms with E-state index in [0.717, 1.165) is 83.5 Å². The molecule has 0 saturated heterocycles. The van der Waals surface area contributed by atoms with Gasteiger partial charge in [-0.25, -0.2) is 0 Å². The van der Waals surface area contributed by atoms with E-state index in [0.29, 0.717) is 17.4 Å². The molecule has 0 bridgehead atoms. The molecule has 424 valence electrons. The third-order valence-corrected chi connectivity index (χ3v) is 14.0. The van der Waals surface area contributed by atoms with Crippen molar-refractivity contribution in [2.75, 3.05) is 47.5 Å². The fourth-order valence-electron chi connectivity index (χ4n) is 8.37. The average Bonchev–Trinajstić information content (AvgIpc) is 3.35. The van der Waals surface area contributed by atoms with E-state index in [2.05, 4.69) is 86.8 Å². The Balaban J connectivity index is 4.17. The van der Waals surface area contributed by atoms with Crippen LogP contribution < -0.4 is 4.89 Å². The zero-order chi connectivity index (χ0) is 53.5. The Hall–Kier alpha value is -2.55. The quantitative estimate of drug-likeness (QED) is 0.0195. The van der Waals surface area contributed by atoms with Gasteiger partial charge >= 0.3 is 11.9 Å². The van der Waals surface area contributed by atoms with Crippen molar-refractivity contribution < 1.29 is 42.1 Å². The van der Waals surface area contributed by atoms with Gasteiger partial charge in [0.05, 0.1) is 27.7 Å². The van der Waals surface area contributed by atoms with E-state index in [1.54, 1.807) is 0 Å². The van der Waals surface area contributed by atoms with Crippen LogP contribution in [0, 0.1) is 0 Å². The van der Waals surface area contributed by atoms with Crippen molar-refractivity contribution in [1.82, 2.24) is 0 Å². The zero-order valence-electron chi connectivity index (χ0n) is 48.1. The monoisotopic (exact) mass is 1040 g/mol. The second-order valence-corrected chi connectivity index (χ2v) is 22.8. The maximum atomic E-state index is 12.8. The van der Waals surface area contributed by atoms with Crippen LogP contribution in [-0.2, 0) is 32.7 Å². The standard InChI is InChI=1S/C63H114NO8P/c1-6-8-10-12-14-16-18-20-22-24-26-28-30-31-32-33-34-36-38-40-42-44-46-48-50-52-54-56-63(66)72-61(60-71-73(67,68)70-58-57-64(3,4)5)59-69-62(65)55-53-51-49-47-45-43-41-39-37-35-29-27-25-23-21-19-17-15-13-11-9-7-2/h8,10,14,16,20,22,26,28,31-32,34,36,61H,6-7,9,11-13,15,17-19,21,23-25,27,29-30,33,35,37-60H2,1-5H3/b10-8-,16-14-,22-20-,28-26-,32-31-,36-34-. The van der Waals surface area contributed by atoms with Crippen LogP contribution >= 0.6 is 7.82 Å². The van der Waals surface area contributed by atoms with E-state index in [1.165, 1.54) is 148 Å². The second-order valence-electron chi connectivity index (χ2n) is 21.3. The first-order valence-electron chi connectivity index (χ1n) is 30.1. The van der Waals surface area contributed by atoms with Crippen LogP contribution in [0.15, 0.2) is 72.9 Å².